The maximum Gasteiger partial charge on any atom is 0.0605 e. The maximum absolute atomic E-state index is 6.38. The molecule has 1 nitrogen and oxygen atoms in total. The van der Waals surface area contributed by atoms with E-state index in [1.807, 2.05) is 0 Å². The van der Waals surface area contributed by atoms with Crippen LogP contribution in [-0.2, 0) is 4.74 Å². The van der Waals surface area contributed by atoms with Crippen LogP contribution in [0.2, 0.25) is 0 Å². The summed E-state index contributed by atoms with van der Waals surface area (Å²) in [5, 5.41) is 0. The van der Waals surface area contributed by atoms with Gasteiger partial charge in [-0.2, -0.15) is 0 Å². The summed E-state index contributed by atoms with van der Waals surface area (Å²) in [6.45, 7) is 5.86. The Morgan fingerprint density at radius 1 is 1.10 bits per heavy atom. The van der Waals surface area contributed by atoms with Crippen molar-refractivity contribution in [3.05, 3.63) is 0 Å². The number of hydrogen-bond donors (Lipinski definition) is 0. The lowest BCUT2D eigenvalue weighted by Crippen LogP contribution is -2.35. The van der Waals surface area contributed by atoms with Gasteiger partial charge < -0.3 is 4.74 Å². The maximum atomic E-state index is 6.38. The van der Waals surface area contributed by atoms with Crippen LogP contribution in [0.3, 0.4) is 0 Å². The molecule has 3 aliphatic carbocycles. The smallest absolute Gasteiger partial charge is 0.0605 e. The van der Waals surface area contributed by atoms with Crippen LogP contribution in [0.25, 0.3) is 0 Å². The first-order valence-corrected chi connectivity index (χ1v) is 9.32. The van der Waals surface area contributed by atoms with Crippen LogP contribution in [0.1, 0.15) is 84.5 Å². The normalized spacial score (nSPS) is 39.9. The van der Waals surface area contributed by atoms with Gasteiger partial charge >= 0.3 is 0 Å². The predicted molar refractivity (Wildman–Crippen MR) is 84.8 cm³/mol. The Labute approximate surface area is 125 Å². The van der Waals surface area contributed by atoms with E-state index in [9.17, 15) is 0 Å². The Kier molecular flexibility index (Phi) is 4.75. The van der Waals surface area contributed by atoms with E-state index in [-0.39, 0.29) is 0 Å². The van der Waals surface area contributed by atoms with Crippen molar-refractivity contribution in [2.45, 2.75) is 90.6 Å². The first kappa shape index (κ1) is 14.9. The van der Waals surface area contributed by atoms with Crippen molar-refractivity contribution < 1.29 is 4.74 Å². The van der Waals surface area contributed by atoms with E-state index in [1.54, 1.807) is 0 Å². The van der Waals surface area contributed by atoms with Crippen LogP contribution in [0.5, 0.6) is 0 Å². The van der Waals surface area contributed by atoms with E-state index in [4.69, 9.17) is 4.74 Å². The third-order valence-corrected chi connectivity index (χ3v) is 6.85. The van der Waals surface area contributed by atoms with Crippen LogP contribution in [-0.4, -0.2) is 12.7 Å². The second kappa shape index (κ2) is 6.38. The molecule has 0 amide bonds. The predicted octanol–water partition coefficient (Wildman–Crippen LogP) is 5.58. The van der Waals surface area contributed by atoms with Gasteiger partial charge in [0.05, 0.1) is 6.10 Å². The summed E-state index contributed by atoms with van der Waals surface area (Å²) in [6.07, 6.45) is 16.4. The van der Waals surface area contributed by atoms with Gasteiger partial charge in [0.25, 0.3) is 0 Å². The lowest BCUT2D eigenvalue weighted by molar-refractivity contribution is -0.0458. The second-order valence-corrected chi connectivity index (χ2v) is 8.17. The van der Waals surface area contributed by atoms with Crippen molar-refractivity contribution in [3.63, 3.8) is 0 Å². The largest absolute Gasteiger partial charge is 0.378 e. The summed E-state index contributed by atoms with van der Waals surface area (Å²) in [7, 11) is 0. The third-order valence-electron chi connectivity index (χ3n) is 6.85. The molecule has 4 unspecified atom stereocenters. The number of fused-ring (bicyclic) bond motifs is 1. The van der Waals surface area contributed by atoms with E-state index < -0.39 is 0 Å². The van der Waals surface area contributed by atoms with Crippen molar-refractivity contribution in [1.29, 1.82) is 0 Å². The minimum absolute atomic E-state index is 0.503. The summed E-state index contributed by atoms with van der Waals surface area (Å²) in [5.41, 5.74) is 0.561. The summed E-state index contributed by atoms with van der Waals surface area (Å²) in [5.74, 6) is 2.88. The molecule has 0 saturated heterocycles. The molecule has 0 bridgehead atoms. The monoisotopic (exact) mass is 278 g/mol. The van der Waals surface area contributed by atoms with Gasteiger partial charge in [0.1, 0.15) is 0 Å². The Balaban J connectivity index is 1.47. The average molecular weight is 278 g/mol. The molecule has 0 aromatic carbocycles. The molecule has 20 heavy (non-hydrogen) atoms. The fraction of sp³-hybridized carbons (Fsp3) is 1.00. The third kappa shape index (κ3) is 2.93. The van der Waals surface area contributed by atoms with E-state index in [0.717, 1.165) is 24.4 Å². The molecule has 0 aromatic rings. The summed E-state index contributed by atoms with van der Waals surface area (Å²) < 4.78 is 6.38. The van der Waals surface area contributed by atoms with Crippen LogP contribution in [0.15, 0.2) is 0 Å². The van der Waals surface area contributed by atoms with Crippen molar-refractivity contribution in [3.8, 4) is 0 Å². The molecule has 3 rings (SSSR count). The van der Waals surface area contributed by atoms with E-state index in [2.05, 4.69) is 13.8 Å². The van der Waals surface area contributed by atoms with Gasteiger partial charge in [0.2, 0.25) is 0 Å². The van der Waals surface area contributed by atoms with E-state index in [1.165, 1.54) is 70.6 Å². The van der Waals surface area contributed by atoms with Crippen molar-refractivity contribution in [2.75, 3.05) is 6.61 Å². The fourth-order valence-corrected chi connectivity index (χ4v) is 5.76. The highest BCUT2D eigenvalue weighted by atomic mass is 16.5. The van der Waals surface area contributed by atoms with Crippen LogP contribution >= 0.6 is 0 Å². The van der Waals surface area contributed by atoms with Gasteiger partial charge in [-0.3, -0.25) is 0 Å². The molecule has 0 heterocycles. The Hall–Kier alpha value is -0.0400. The Morgan fingerprint density at radius 3 is 2.70 bits per heavy atom. The van der Waals surface area contributed by atoms with Gasteiger partial charge in [0, 0.05) is 6.61 Å². The zero-order valence-corrected chi connectivity index (χ0v) is 13.7. The molecule has 116 valence electrons. The number of ether oxygens (including phenoxy) is 1. The van der Waals surface area contributed by atoms with Crippen LogP contribution < -0.4 is 0 Å². The zero-order chi connectivity index (χ0) is 14.0. The van der Waals surface area contributed by atoms with Crippen LogP contribution in [0.4, 0.5) is 0 Å². The molecule has 3 saturated carbocycles. The molecular formula is C19H34O. The van der Waals surface area contributed by atoms with E-state index >= 15 is 0 Å². The van der Waals surface area contributed by atoms with Gasteiger partial charge in [-0.05, 0) is 62.2 Å². The van der Waals surface area contributed by atoms with Gasteiger partial charge in [-0.25, -0.2) is 0 Å². The molecule has 3 fully saturated rings. The highest BCUT2D eigenvalue weighted by molar-refractivity contribution is 5.02. The first-order valence-electron chi connectivity index (χ1n) is 9.32. The molecular weight excluding hydrogens is 244 g/mol. The van der Waals surface area contributed by atoms with Crippen molar-refractivity contribution in [1.82, 2.24) is 0 Å². The molecule has 0 spiro atoms. The molecule has 0 aromatic heterocycles. The second-order valence-electron chi connectivity index (χ2n) is 8.17. The fourth-order valence-electron chi connectivity index (χ4n) is 5.76. The van der Waals surface area contributed by atoms with Gasteiger partial charge in [0.15, 0.2) is 0 Å². The summed E-state index contributed by atoms with van der Waals surface area (Å²) in [6, 6.07) is 0. The highest BCUT2D eigenvalue weighted by Gasteiger charge is 2.52. The SMILES string of the molecule is CC1CC2CCCC2(C(C)OCCC2CCCCC2)C1. The number of hydrogen-bond acceptors (Lipinski definition) is 1. The van der Waals surface area contributed by atoms with Gasteiger partial charge in [-0.15, -0.1) is 0 Å². The minimum atomic E-state index is 0.503. The summed E-state index contributed by atoms with van der Waals surface area (Å²) >= 11 is 0. The van der Waals surface area contributed by atoms with Crippen molar-refractivity contribution >= 4 is 0 Å². The molecule has 4 atom stereocenters. The van der Waals surface area contributed by atoms with Crippen LogP contribution in [0, 0.1) is 23.2 Å². The Morgan fingerprint density at radius 2 is 1.90 bits per heavy atom. The standard InChI is InChI=1S/C19H34O/c1-15-13-18-9-6-11-19(18,14-15)16(2)20-12-10-17-7-4-3-5-8-17/h15-18H,3-14H2,1-2H3. The Bertz CT molecular complexity index is 307. The topological polar surface area (TPSA) is 9.23 Å². The van der Waals surface area contributed by atoms with Gasteiger partial charge in [-0.1, -0.05) is 45.4 Å². The zero-order valence-electron chi connectivity index (χ0n) is 13.7. The minimum Gasteiger partial charge on any atom is -0.378 e. The molecule has 3 aliphatic rings. The molecule has 1 heteroatoms. The highest BCUT2D eigenvalue weighted by Crippen LogP contribution is 2.58. The molecule has 0 radical (unpaired) electrons. The number of rotatable bonds is 5. The molecule has 0 aliphatic heterocycles. The lowest BCUT2D eigenvalue weighted by Gasteiger charge is -2.36. The summed E-state index contributed by atoms with van der Waals surface area (Å²) in [4.78, 5) is 0. The van der Waals surface area contributed by atoms with E-state index in [0.29, 0.717) is 11.5 Å². The van der Waals surface area contributed by atoms with Crippen molar-refractivity contribution in [2.24, 2.45) is 23.2 Å². The first-order chi connectivity index (χ1) is 9.71. The molecule has 0 N–H and O–H groups in total. The lowest BCUT2D eigenvalue weighted by atomic mass is 9.75. The quantitative estimate of drug-likeness (QED) is 0.638. The average Bonchev–Trinajstić information content (AvgIpc) is 2.96.